The van der Waals surface area contributed by atoms with Crippen LogP contribution >= 0.6 is 21.6 Å². The van der Waals surface area contributed by atoms with Gasteiger partial charge in [-0.1, -0.05) is 132 Å². The van der Waals surface area contributed by atoms with Gasteiger partial charge in [0.1, 0.15) is 0 Å². The van der Waals surface area contributed by atoms with E-state index in [0.717, 1.165) is 69.3 Å². The molecular formula is C36H52N2O2S2. The first-order chi connectivity index (χ1) is 20.7. The van der Waals surface area contributed by atoms with Crippen LogP contribution in [0.2, 0.25) is 0 Å². The number of hydrogen-bond acceptors (Lipinski definition) is 4. The van der Waals surface area contributed by atoms with Gasteiger partial charge in [0.15, 0.2) is 0 Å². The summed E-state index contributed by atoms with van der Waals surface area (Å²) < 4.78 is 0. The summed E-state index contributed by atoms with van der Waals surface area (Å²) >= 11 is 0. The minimum absolute atomic E-state index is 0.0999. The Morgan fingerprint density at radius 2 is 1.07 bits per heavy atom. The monoisotopic (exact) mass is 608 g/mol. The number of amides is 2. The molecule has 0 saturated carbocycles. The van der Waals surface area contributed by atoms with Crippen LogP contribution < -0.4 is 10.6 Å². The van der Waals surface area contributed by atoms with E-state index < -0.39 is 0 Å². The molecule has 0 bridgehead atoms. The molecule has 2 N–H and O–H groups in total. The van der Waals surface area contributed by atoms with Crippen LogP contribution in [0.15, 0.2) is 103 Å². The van der Waals surface area contributed by atoms with Crippen molar-refractivity contribution in [1.82, 2.24) is 10.6 Å². The van der Waals surface area contributed by atoms with Crippen LogP contribution in [0.1, 0.15) is 76.7 Å². The minimum Gasteiger partial charge on any atom is -0.355 e. The maximum Gasteiger partial charge on any atom is 0.220 e. The number of aryl methyl sites for hydroxylation is 1. The number of carbonyl (C=O) groups excluding carboxylic acids is 2. The van der Waals surface area contributed by atoms with E-state index in [1.165, 1.54) is 5.56 Å². The maximum absolute atomic E-state index is 12.0. The van der Waals surface area contributed by atoms with E-state index in [4.69, 9.17) is 0 Å². The normalized spacial score (nSPS) is 12.2. The number of benzene rings is 1. The van der Waals surface area contributed by atoms with E-state index in [1.807, 2.05) is 18.2 Å². The van der Waals surface area contributed by atoms with Gasteiger partial charge in [-0.15, -0.1) is 0 Å². The first-order valence-electron chi connectivity index (χ1n) is 15.4. The summed E-state index contributed by atoms with van der Waals surface area (Å²) in [7, 11) is 3.46. The second kappa shape index (κ2) is 29.8. The second-order valence-corrected chi connectivity index (χ2v) is 12.3. The molecule has 2 amide bonds. The average molecular weight is 609 g/mol. The minimum atomic E-state index is 0.0999. The molecule has 0 heterocycles. The van der Waals surface area contributed by atoms with Gasteiger partial charge in [-0.05, 0) is 63.4 Å². The quantitative estimate of drug-likeness (QED) is 0.0660. The zero-order chi connectivity index (χ0) is 30.2. The van der Waals surface area contributed by atoms with Crippen molar-refractivity contribution in [1.29, 1.82) is 0 Å². The summed E-state index contributed by atoms with van der Waals surface area (Å²) in [6.45, 7) is 3.51. The summed E-state index contributed by atoms with van der Waals surface area (Å²) in [5.41, 5.74) is 1.28. The summed E-state index contributed by atoms with van der Waals surface area (Å²) in [6.07, 6.45) is 35.8. The fourth-order valence-corrected chi connectivity index (χ4v) is 5.52. The van der Waals surface area contributed by atoms with Gasteiger partial charge in [0, 0.05) is 37.4 Å². The van der Waals surface area contributed by atoms with Crippen LogP contribution in [0.5, 0.6) is 0 Å². The molecule has 0 saturated heterocycles. The van der Waals surface area contributed by atoms with Crippen LogP contribution in [0, 0.1) is 0 Å². The zero-order valence-electron chi connectivity index (χ0n) is 25.6. The molecule has 4 nitrogen and oxygen atoms in total. The highest BCUT2D eigenvalue weighted by Gasteiger charge is 2.02. The molecule has 1 aromatic rings. The number of rotatable bonds is 25. The molecular weight excluding hydrogens is 557 g/mol. The van der Waals surface area contributed by atoms with E-state index in [2.05, 4.69) is 103 Å². The van der Waals surface area contributed by atoms with Gasteiger partial charge in [0.2, 0.25) is 11.8 Å². The fourth-order valence-electron chi connectivity index (χ4n) is 3.71. The van der Waals surface area contributed by atoms with Crippen molar-refractivity contribution in [2.24, 2.45) is 0 Å². The first-order valence-corrected chi connectivity index (χ1v) is 17.9. The predicted octanol–water partition coefficient (Wildman–Crippen LogP) is 9.10. The summed E-state index contributed by atoms with van der Waals surface area (Å²) in [5, 5.41) is 5.96. The van der Waals surface area contributed by atoms with Gasteiger partial charge in [-0.2, -0.15) is 0 Å². The van der Waals surface area contributed by atoms with Gasteiger partial charge < -0.3 is 10.6 Å². The van der Waals surface area contributed by atoms with Gasteiger partial charge >= 0.3 is 0 Å². The standard InChI is InChI=1S/C36H52N2O2S2/c1-2-3-4-5-6-7-8-9-10-11-12-13-14-15-16-17-18-19-23-28-35(39)37-30-32-41-42-33-31-38-36(40)29-24-27-34-25-21-20-22-26-34/h3-4,6-7,9-10,12-13,15-16,18-22,25-26H,2,5,8,11,14,17,23-24,27-33H2,1H3,(H,37,39)(H,38,40)/b4-3-,7-6-,10-9-,13-12-,16-15-,19-18-. The molecule has 0 atom stereocenters. The van der Waals surface area contributed by atoms with Crippen molar-refractivity contribution in [2.45, 2.75) is 77.6 Å². The Bertz CT molecular complexity index is 981. The van der Waals surface area contributed by atoms with Crippen LogP contribution in [0.3, 0.4) is 0 Å². The molecule has 0 aliphatic heterocycles. The highest BCUT2D eigenvalue weighted by Crippen LogP contribution is 2.19. The molecule has 6 heteroatoms. The molecule has 230 valence electrons. The van der Waals surface area contributed by atoms with Crippen molar-refractivity contribution in [3.63, 3.8) is 0 Å². The second-order valence-electron chi connectivity index (χ2n) is 9.64. The molecule has 0 radical (unpaired) electrons. The van der Waals surface area contributed by atoms with E-state index >= 15 is 0 Å². The Kier molecular flexibility index (Phi) is 26.5. The maximum atomic E-state index is 12.0. The molecule has 0 fully saturated rings. The van der Waals surface area contributed by atoms with E-state index in [-0.39, 0.29) is 11.8 Å². The summed E-state index contributed by atoms with van der Waals surface area (Å²) in [6, 6.07) is 10.3. The van der Waals surface area contributed by atoms with Crippen molar-refractivity contribution in [3.05, 3.63) is 109 Å². The van der Waals surface area contributed by atoms with Crippen molar-refractivity contribution < 1.29 is 9.59 Å². The Morgan fingerprint density at radius 1 is 0.619 bits per heavy atom. The number of nitrogens with one attached hydrogen (secondary N) is 2. The highest BCUT2D eigenvalue weighted by molar-refractivity contribution is 8.76. The van der Waals surface area contributed by atoms with Crippen LogP contribution in [-0.2, 0) is 16.0 Å². The smallest absolute Gasteiger partial charge is 0.220 e. The third-order valence-corrected chi connectivity index (χ3v) is 8.35. The number of carbonyl (C=O) groups is 2. The SMILES string of the molecule is CC/C=C\C/C=C\C/C=C\C/C=C\C/C=C\C/C=C\CCC(=O)NCCSSCCNC(=O)CCCc1ccccc1. The number of hydrogen-bond donors (Lipinski definition) is 2. The third-order valence-electron chi connectivity index (χ3n) is 5.95. The lowest BCUT2D eigenvalue weighted by atomic mass is 10.1. The molecule has 0 aliphatic carbocycles. The van der Waals surface area contributed by atoms with Crippen LogP contribution in [0.25, 0.3) is 0 Å². The Balaban J connectivity index is 1.87. The largest absolute Gasteiger partial charge is 0.355 e. The van der Waals surface area contributed by atoms with Gasteiger partial charge in [-0.3, -0.25) is 9.59 Å². The number of allylic oxidation sites excluding steroid dienone is 12. The summed E-state index contributed by atoms with van der Waals surface area (Å²) in [4.78, 5) is 23.9. The van der Waals surface area contributed by atoms with Crippen molar-refractivity contribution in [2.75, 3.05) is 24.6 Å². The molecule has 0 unspecified atom stereocenters. The molecule has 0 aromatic heterocycles. The third kappa shape index (κ3) is 26.2. The van der Waals surface area contributed by atoms with Crippen molar-refractivity contribution in [3.8, 4) is 0 Å². The lowest BCUT2D eigenvalue weighted by Crippen LogP contribution is -2.26. The Labute approximate surface area is 263 Å². The lowest BCUT2D eigenvalue weighted by Gasteiger charge is -2.06. The average Bonchev–Trinajstić information content (AvgIpc) is 3.00. The molecule has 0 spiro atoms. The van der Waals surface area contributed by atoms with Gasteiger partial charge in [0.05, 0.1) is 0 Å². The van der Waals surface area contributed by atoms with E-state index in [0.29, 0.717) is 25.9 Å². The molecule has 1 rings (SSSR count). The van der Waals surface area contributed by atoms with Crippen molar-refractivity contribution >= 4 is 33.4 Å². The summed E-state index contributed by atoms with van der Waals surface area (Å²) in [5.74, 6) is 1.95. The van der Waals surface area contributed by atoms with E-state index in [9.17, 15) is 9.59 Å². The van der Waals surface area contributed by atoms with Crippen LogP contribution in [0.4, 0.5) is 0 Å². The first kappa shape index (κ1) is 37.3. The van der Waals surface area contributed by atoms with Gasteiger partial charge in [0.25, 0.3) is 0 Å². The van der Waals surface area contributed by atoms with Crippen LogP contribution in [-0.4, -0.2) is 36.4 Å². The topological polar surface area (TPSA) is 58.2 Å². The predicted molar refractivity (Wildman–Crippen MR) is 188 cm³/mol. The molecule has 42 heavy (non-hydrogen) atoms. The Hall–Kier alpha value is -2.70. The lowest BCUT2D eigenvalue weighted by molar-refractivity contribution is -0.121. The Morgan fingerprint density at radius 3 is 1.57 bits per heavy atom. The zero-order valence-corrected chi connectivity index (χ0v) is 27.2. The van der Waals surface area contributed by atoms with Gasteiger partial charge in [-0.25, -0.2) is 0 Å². The fraction of sp³-hybridized carbons (Fsp3) is 0.444. The molecule has 0 aliphatic rings. The highest BCUT2D eigenvalue weighted by atomic mass is 33.1. The molecule has 1 aromatic carbocycles. The van der Waals surface area contributed by atoms with E-state index in [1.54, 1.807) is 21.6 Å².